The van der Waals surface area contributed by atoms with Gasteiger partial charge in [0.15, 0.2) is 0 Å². The van der Waals surface area contributed by atoms with Crippen molar-refractivity contribution in [3.8, 4) is 5.69 Å². The van der Waals surface area contributed by atoms with Crippen LogP contribution in [0.4, 0.5) is 13.2 Å². The third kappa shape index (κ3) is 3.08. The second-order valence-electron chi connectivity index (χ2n) is 6.71. The maximum Gasteiger partial charge on any atom is 0.391 e. The molecule has 0 atom stereocenters. The van der Waals surface area contributed by atoms with E-state index in [4.69, 9.17) is 11.6 Å². The number of hydrogen-bond donors (Lipinski definition) is 0. The minimum absolute atomic E-state index is 0.00137. The summed E-state index contributed by atoms with van der Waals surface area (Å²) in [5.74, 6) is 0.387. The van der Waals surface area contributed by atoms with Gasteiger partial charge in [-0.25, -0.2) is 0 Å². The highest BCUT2D eigenvalue weighted by Gasteiger charge is 2.42. The number of alkyl halides is 3. The Morgan fingerprint density at radius 1 is 1.08 bits per heavy atom. The standard InChI is InChI=1S/C18H17ClF3N3/c19-14-8-9-15-12(10-14)2-1-3-16-23-24-17(25(15)16)11-4-6-13(7-5-11)18(20,21)22/h1-2,8-11,13H,3-7H2/t11-,13-. The average Bonchev–Trinajstić information content (AvgIpc) is 2.90. The number of benzene rings is 1. The number of nitrogens with zero attached hydrogens (tertiary/aromatic N) is 3. The summed E-state index contributed by atoms with van der Waals surface area (Å²) in [6, 6.07) is 5.62. The molecule has 4 rings (SSSR count). The van der Waals surface area contributed by atoms with Crippen LogP contribution in [0.25, 0.3) is 11.8 Å². The first-order valence-corrected chi connectivity index (χ1v) is 8.78. The van der Waals surface area contributed by atoms with Crippen LogP contribution in [0.15, 0.2) is 24.3 Å². The van der Waals surface area contributed by atoms with Crippen molar-refractivity contribution in [3.63, 3.8) is 0 Å². The Morgan fingerprint density at radius 2 is 1.84 bits per heavy atom. The van der Waals surface area contributed by atoms with Gasteiger partial charge in [0.05, 0.1) is 11.6 Å². The van der Waals surface area contributed by atoms with Gasteiger partial charge in [-0.2, -0.15) is 13.2 Å². The number of rotatable bonds is 1. The molecule has 0 saturated heterocycles. The third-order valence-corrected chi connectivity index (χ3v) is 5.37. The molecule has 1 aliphatic heterocycles. The summed E-state index contributed by atoms with van der Waals surface area (Å²) in [6.45, 7) is 0. The van der Waals surface area contributed by atoms with E-state index < -0.39 is 12.1 Å². The van der Waals surface area contributed by atoms with Crippen molar-refractivity contribution in [2.45, 2.75) is 44.2 Å². The fraction of sp³-hybridized carbons (Fsp3) is 0.444. The molecule has 0 spiro atoms. The molecule has 0 radical (unpaired) electrons. The zero-order chi connectivity index (χ0) is 17.6. The van der Waals surface area contributed by atoms with Crippen LogP contribution in [0, 0.1) is 5.92 Å². The lowest BCUT2D eigenvalue weighted by atomic mass is 9.81. The fourth-order valence-corrected chi connectivity index (χ4v) is 4.00. The molecule has 0 amide bonds. The van der Waals surface area contributed by atoms with Crippen LogP contribution in [-0.2, 0) is 6.42 Å². The first-order valence-electron chi connectivity index (χ1n) is 8.41. The number of aromatic nitrogens is 3. The molecule has 1 saturated carbocycles. The Labute approximate surface area is 148 Å². The molecule has 25 heavy (non-hydrogen) atoms. The minimum Gasteiger partial charge on any atom is -0.282 e. The quantitative estimate of drug-likeness (QED) is 0.682. The molecule has 1 aromatic carbocycles. The van der Waals surface area contributed by atoms with Crippen molar-refractivity contribution in [1.29, 1.82) is 0 Å². The van der Waals surface area contributed by atoms with Crippen molar-refractivity contribution in [2.75, 3.05) is 0 Å². The average molecular weight is 368 g/mol. The molecule has 7 heteroatoms. The molecule has 0 unspecified atom stereocenters. The summed E-state index contributed by atoms with van der Waals surface area (Å²) >= 11 is 6.10. The van der Waals surface area contributed by atoms with Crippen molar-refractivity contribution < 1.29 is 13.2 Å². The second-order valence-corrected chi connectivity index (χ2v) is 7.15. The molecule has 2 aliphatic rings. The molecule has 132 valence electrons. The lowest BCUT2D eigenvalue weighted by Crippen LogP contribution is -2.28. The van der Waals surface area contributed by atoms with Gasteiger partial charge in [0.25, 0.3) is 0 Å². The summed E-state index contributed by atoms with van der Waals surface area (Å²) in [4.78, 5) is 0. The molecule has 1 aliphatic carbocycles. The van der Waals surface area contributed by atoms with Crippen molar-refractivity contribution in [2.24, 2.45) is 5.92 Å². The number of fused-ring (bicyclic) bond motifs is 3. The molecule has 0 bridgehead atoms. The topological polar surface area (TPSA) is 30.7 Å². The molecule has 1 fully saturated rings. The monoisotopic (exact) mass is 367 g/mol. The maximum absolute atomic E-state index is 12.9. The summed E-state index contributed by atoms with van der Waals surface area (Å²) < 4.78 is 40.8. The zero-order valence-corrected chi connectivity index (χ0v) is 14.2. The van der Waals surface area contributed by atoms with E-state index in [1.807, 2.05) is 34.9 Å². The Kier molecular flexibility index (Phi) is 4.10. The van der Waals surface area contributed by atoms with E-state index >= 15 is 0 Å². The van der Waals surface area contributed by atoms with Gasteiger partial charge in [-0.05, 0) is 49.4 Å². The Balaban J connectivity index is 1.68. The highest BCUT2D eigenvalue weighted by atomic mass is 35.5. The fourth-order valence-electron chi connectivity index (χ4n) is 3.82. The molecule has 1 aromatic heterocycles. The first kappa shape index (κ1) is 16.6. The predicted octanol–water partition coefficient (Wildman–Crippen LogP) is 5.33. The van der Waals surface area contributed by atoms with E-state index in [-0.39, 0.29) is 18.8 Å². The third-order valence-electron chi connectivity index (χ3n) is 5.14. The number of allylic oxidation sites excluding steroid dienone is 1. The zero-order valence-electron chi connectivity index (χ0n) is 13.4. The van der Waals surface area contributed by atoms with E-state index in [2.05, 4.69) is 10.2 Å². The van der Waals surface area contributed by atoms with Gasteiger partial charge in [0.1, 0.15) is 11.6 Å². The smallest absolute Gasteiger partial charge is 0.282 e. The van der Waals surface area contributed by atoms with E-state index in [0.717, 1.165) is 22.9 Å². The van der Waals surface area contributed by atoms with Crippen LogP contribution in [0.5, 0.6) is 0 Å². The van der Waals surface area contributed by atoms with Crippen LogP contribution >= 0.6 is 11.6 Å². The second kappa shape index (κ2) is 6.16. The van der Waals surface area contributed by atoms with Gasteiger partial charge >= 0.3 is 6.18 Å². The van der Waals surface area contributed by atoms with Crippen LogP contribution in [0.1, 0.15) is 48.8 Å². The molecular formula is C18H17ClF3N3. The maximum atomic E-state index is 12.9. The number of hydrogen-bond acceptors (Lipinski definition) is 2. The van der Waals surface area contributed by atoms with Gasteiger partial charge in [0, 0.05) is 17.4 Å². The minimum atomic E-state index is -4.10. The lowest BCUT2D eigenvalue weighted by Gasteiger charge is -2.29. The SMILES string of the molecule is FC(F)(F)[C@H]1CC[C@H](c2nnc3n2-c2ccc(Cl)cc2C=CC3)CC1. The van der Waals surface area contributed by atoms with E-state index in [0.29, 0.717) is 24.3 Å². The van der Waals surface area contributed by atoms with Crippen LogP contribution in [0.2, 0.25) is 5.02 Å². The molecule has 2 heterocycles. The predicted molar refractivity (Wildman–Crippen MR) is 89.9 cm³/mol. The molecular weight excluding hydrogens is 351 g/mol. The Bertz CT molecular complexity index is 817. The van der Waals surface area contributed by atoms with Gasteiger partial charge in [0.2, 0.25) is 0 Å². The normalized spacial score (nSPS) is 23.0. The summed E-state index contributed by atoms with van der Waals surface area (Å²) in [7, 11) is 0. The lowest BCUT2D eigenvalue weighted by molar-refractivity contribution is -0.182. The Hall–Kier alpha value is -1.82. The highest BCUT2D eigenvalue weighted by molar-refractivity contribution is 6.30. The molecule has 3 nitrogen and oxygen atoms in total. The van der Waals surface area contributed by atoms with Crippen molar-refractivity contribution in [1.82, 2.24) is 14.8 Å². The van der Waals surface area contributed by atoms with Crippen LogP contribution < -0.4 is 0 Å². The highest BCUT2D eigenvalue weighted by Crippen LogP contribution is 2.43. The van der Waals surface area contributed by atoms with Crippen molar-refractivity contribution >= 4 is 17.7 Å². The van der Waals surface area contributed by atoms with E-state index in [1.54, 1.807) is 0 Å². The van der Waals surface area contributed by atoms with E-state index in [1.165, 1.54) is 0 Å². The van der Waals surface area contributed by atoms with Crippen LogP contribution in [-0.4, -0.2) is 20.9 Å². The van der Waals surface area contributed by atoms with Gasteiger partial charge in [-0.1, -0.05) is 23.8 Å². The molecule has 2 aromatic rings. The first-order chi connectivity index (χ1) is 11.9. The summed E-state index contributed by atoms with van der Waals surface area (Å²) in [5.41, 5.74) is 1.90. The van der Waals surface area contributed by atoms with Gasteiger partial charge in [-0.15, -0.1) is 10.2 Å². The van der Waals surface area contributed by atoms with Gasteiger partial charge < -0.3 is 0 Å². The molecule has 0 N–H and O–H groups in total. The Morgan fingerprint density at radius 3 is 2.56 bits per heavy atom. The van der Waals surface area contributed by atoms with E-state index in [9.17, 15) is 13.2 Å². The van der Waals surface area contributed by atoms with Crippen molar-refractivity contribution in [3.05, 3.63) is 46.5 Å². The number of halogens is 4. The summed E-state index contributed by atoms with van der Waals surface area (Å²) in [5, 5.41) is 9.27. The summed E-state index contributed by atoms with van der Waals surface area (Å²) in [6.07, 6.45) is 1.83. The largest absolute Gasteiger partial charge is 0.391 e. The van der Waals surface area contributed by atoms with Gasteiger partial charge in [-0.3, -0.25) is 4.57 Å². The van der Waals surface area contributed by atoms with Crippen LogP contribution in [0.3, 0.4) is 0 Å².